The second-order valence-corrected chi connectivity index (χ2v) is 5.96. The van der Waals surface area contributed by atoms with Crippen LogP contribution >= 0.6 is 0 Å². The molecule has 100 valence electrons. The van der Waals surface area contributed by atoms with Gasteiger partial charge >= 0.3 is 0 Å². The van der Waals surface area contributed by atoms with Crippen LogP contribution in [0.3, 0.4) is 0 Å². The molecule has 2 rings (SSSR count). The second-order valence-electron chi connectivity index (χ2n) is 5.96. The van der Waals surface area contributed by atoms with Gasteiger partial charge in [0.25, 0.3) is 0 Å². The summed E-state index contributed by atoms with van der Waals surface area (Å²) in [5, 5.41) is 3.64. The highest BCUT2D eigenvalue weighted by molar-refractivity contribution is 5.38. The lowest BCUT2D eigenvalue weighted by molar-refractivity contribution is 0.509. The minimum absolute atomic E-state index is 0.303. The first kappa shape index (κ1) is 13.6. The molecule has 0 bridgehead atoms. The van der Waals surface area contributed by atoms with Gasteiger partial charge in [0.2, 0.25) is 0 Å². The summed E-state index contributed by atoms with van der Waals surface area (Å²) in [6.45, 7) is 10.6. The fourth-order valence-electron chi connectivity index (χ4n) is 2.66. The van der Waals surface area contributed by atoms with Gasteiger partial charge in [-0.25, -0.2) is 0 Å². The zero-order valence-electron chi connectivity index (χ0n) is 12.1. The monoisotopic (exact) mass is 246 g/mol. The van der Waals surface area contributed by atoms with Crippen LogP contribution in [-0.2, 0) is 0 Å². The van der Waals surface area contributed by atoms with Crippen molar-refractivity contribution < 1.29 is 0 Å². The lowest BCUT2D eigenvalue weighted by Gasteiger charge is -2.21. The summed E-state index contributed by atoms with van der Waals surface area (Å²) in [4.78, 5) is 0. The SMILES string of the molecule is Cc1cc(C)c(C(CN)NCC2CC2C)cc1C. The number of rotatable bonds is 5. The first-order chi connectivity index (χ1) is 8.52. The van der Waals surface area contributed by atoms with Gasteiger partial charge in [-0.3, -0.25) is 0 Å². The van der Waals surface area contributed by atoms with Gasteiger partial charge in [-0.2, -0.15) is 0 Å². The van der Waals surface area contributed by atoms with Gasteiger partial charge in [-0.1, -0.05) is 19.1 Å². The van der Waals surface area contributed by atoms with Crippen LogP contribution in [0.2, 0.25) is 0 Å². The zero-order chi connectivity index (χ0) is 13.3. The molecule has 3 unspecified atom stereocenters. The van der Waals surface area contributed by atoms with Crippen molar-refractivity contribution in [2.45, 2.75) is 40.2 Å². The number of aryl methyl sites for hydroxylation is 3. The van der Waals surface area contributed by atoms with Crippen molar-refractivity contribution in [2.75, 3.05) is 13.1 Å². The third-order valence-electron chi connectivity index (χ3n) is 4.40. The third kappa shape index (κ3) is 2.93. The molecule has 2 nitrogen and oxygen atoms in total. The third-order valence-corrected chi connectivity index (χ3v) is 4.40. The Labute approximate surface area is 111 Å². The molecule has 3 N–H and O–H groups in total. The molecule has 1 aliphatic rings. The predicted molar refractivity (Wildman–Crippen MR) is 77.7 cm³/mol. The number of benzene rings is 1. The van der Waals surface area contributed by atoms with Crippen molar-refractivity contribution >= 4 is 0 Å². The lowest BCUT2D eigenvalue weighted by Crippen LogP contribution is -2.30. The van der Waals surface area contributed by atoms with Gasteiger partial charge in [-0.15, -0.1) is 0 Å². The molecule has 1 aromatic carbocycles. The highest BCUT2D eigenvalue weighted by atomic mass is 14.9. The maximum absolute atomic E-state index is 5.94. The molecule has 3 atom stereocenters. The standard InChI is InChI=1S/C16H26N2/c1-10-5-13(4)15(7-11(10)2)16(8-17)18-9-14-6-12(14)3/h5,7,12,14,16,18H,6,8-9,17H2,1-4H3. The number of nitrogens with two attached hydrogens (primary N) is 1. The summed E-state index contributed by atoms with van der Waals surface area (Å²) in [6.07, 6.45) is 1.37. The van der Waals surface area contributed by atoms with Crippen LogP contribution in [0.15, 0.2) is 12.1 Å². The van der Waals surface area contributed by atoms with Crippen molar-refractivity contribution in [3.63, 3.8) is 0 Å². The first-order valence-corrected chi connectivity index (χ1v) is 7.04. The molecule has 18 heavy (non-hydrogen) atoms. The van der Waals surface area contributed by atoms with Gasteiger partial charge in [0.15, 0.2) is 0 Å². The predicted octanol–water partition coefficient (Wildman–Crippen LogP) is 2.86. The van der Waals surface area contributed by atoms with E-state index in [1.165, 1.54) is 28.7 Å². The molecule has 0 saturated heterocycles. The Bertz CT molecular complexity index is 425. The smallest absolute Gasteiger partial charge is 0.0447 e. The summed E-state index contributed by atoms with van der Waals surface area (Å²) in [5.41, 5.74) is 11.4. The van der Waals surface area contributed by atoms with E-state index in [9.17, 15) is 0 Å². The Balaban J connectivity index is 2.08. The minimum atomic E-state index is 0.303. The summed E-state index contributed by atoms with van der Waals surface area (Å²) >= 11 is 0. The summed E-state index contributed by atoms with van der Waals surface area (Å²) < 4.78 is 0. The molecule has 1 aromatic rings. The van der Waals surface area contributed by atoms with E-state index in [4.69, 9.17) is 5.73 Å². The van der Waals surface area contributed by atoms with Crippen molar-refractivity contribution in [3.05, 3.63) is 34.4 Å². The van der Waals surface area contributed by atoms with Gasteiger partial charge < -0.3 is 11.1 Å². The maximum Gasteiger partial charge on any atom is 0.0447 e. The van der Waals surface area contributed by atoms with E-state index in [0.717, 1.165) is 18.4 Å². The van der Waals surface area contributed by atoms with E-state index < -0.39 is 0 Å². The molecule has 0 spiro atoms. The maximum atomic E-state index is 5.94. The van der Waals surface area contributed by atoms with Crippen LogP contribution in [0.4, 0.5) is 0 Å². The van der Waals surface area contributed by atoms with Gasteiger partial charge in [0.1, 0.15) is 0 Å². The highest BCUT2D eigenvalue weighted by Crippen LogP contribution is 2.37. The Morgan fingerprint density at radius 3 is 2.39 bits per heavy atom. The summed E-state index contributed by atoms with van der Waals surface area (Å²) in [7, 11) is 0. The second kappa shape index (κ2) is 5.41. The molecule has 0 heterocycles. The van der Waals surface area contributed by atoms with Crippen LogP contribution in [0.5, 0.6) is 0 Å². The summed E-state index contributed by atoms with van der Waals surface area (Å²) in [6, 6.07) is 4.87. The summed E-state index contributed by atoms with van der Waals surface area (Å²) in [5.74, 6) is 1.77. The molecule has 0 aliphatic heterocycles. The highest BCUT2D eigenvalue weighted by Gasteiger charge is 2.32. The van der Waals surface area contributed by atoms with Crippen LogP contribution in [0, 0.1) is 32.6 Å². The Morgan fingerprint density at radius 1 is 1.22 bits per heavy atom. The molecule has 1 saturated carbocycles. The van der Waals surface area contributed by atoms with E-state index in [-0.39, 0.29) is 0 Å². The molecular weight excluding hydrogens is 220 g/mol. The van der Waals surface area contributed by atoms with E-state index in [0.29, 0.717) is 12.6 Å². The lowest BCUT2D eigenvalue weighted by atomic mass is 9.95. The van der Waals surface area contributed by atoms with Crippen LogP contribution in [-0.4, -0.2) is 13.1 Å². The van der Waals surface area contributed by atoms with E-state index in [2.05, 4.69) is 45.1 Å². The Hall–Kier alpha value is -0.860. The van der Waals surface area contributed by atoms with Crippen LogP contribution in [0.1, 0.15) is 41.6 Å². The van der Waals surface area contributed by atoms with E-state index >= 15 is 0 Å². The van der Waals surface area contributed by atoms with E-state index in [1.807, 2.05) is 0 Å². The fraction of sp³-hybridized carbons (Fsp3) is 0.625. The molecule has 0 radical (unpaired) electrons. The molecule has 1 fully saturated rings. The molecule has 1 aliphatic carbocycles. The van der Waals surface area contributed by atoms with Crippen molar-refractivity contribution in [3.8, 4) is 0 Å². The van der Waals surface area contributed by atoms with Crippen LogP contribution < -0.4 is 11.1 Å². The normalized spacial score (nSPS) is 24.1. The van der Waals surface area contributed by atoms with Crippen molar-refractivity contribution in [1.29, 1.82) is 0 Å². The van der Waals surface area contributed by atoms with Gasteiger partial charge in [0, 0.05) is 12.6 Å². The Kier molecular flexibility index (Phi) is 4.08. The fourth-order valence-corrected chi connectivity index (χ4v) is 2.66. The molecule has 0 aromatic heterocycles. The van der Waals surface area contributed by atoms with Gasteiger partial charge in [0.05, 0.1) is 0 Å². The Morgan fingerprint density at radius 2 is 1.83 bits per heavy atom. The molecule has 0 amide bonds. The first-order valence-electron chi connectivity index (χ1n) is 7.04. The topological polar surface area (TPSA) is 38.0 Å². The van der Waals surface area contributed by atoms with Gasteiger partial charge in [-0.05, 0) is 67.8 Å². The van der Waals surface area contributed by atoms with Crippen molar-refractivity contribution in [1.82, 2.24) is 5.32 Å². The molecule has 2 heteroatoms. The van der Waals surface area contributed by atoms with Crippen LogP contribution in [0.25, 0.3) is 0 Å². The average molecular weight is 246 g/mol. The average Bonchev–Trinajstić information content (AvgIpc) is 3.02. The largest absolute Gasteiger partial charge is 0.329 e. The zero-order valence-corrected chi connectivity index (χ0v) is 12.1. The molecular formula is C16H26N2. The number of hydrogen-bond donors (Lipinski definition) is 2. The van der Waals surface area contributed by atoms with E-state index in [1.54, 1.807) is 0 Å². The van der Waals surface area contributed by atoms with Crippen molar-refractivity contribution in [2.24, 2.45) is 17.6 Å². The number of nitrogens with one attached hydrogen (secondary N) is 1. The quantitative estimate of drug-likeness (QED) is 0.838. The minimum Gasteiger partial charge on any atom is -0.329 e. The number of hydrogen-bond acceptors (Lipinski definition) is 2.